The van der Waals surface area contributed by atoms with E-state index in [1.165, 1.54) is 29.5 Å². The summed E-state index contributed by atoms with van der Waals surface area (Å²) in [5, 5.41) is 3.76. The Morgan fingerprint density at radius 1 is 1.10 bits per heavy atom. The molecule has 0 saturated heterocycles. The normalized spacial score (nSPS) is 22.6. The van der Waals surface area contributed by atoms with Crippen molar-refractivity contribution in [1.29, 1.82) is 0 Å². The number of aryl methyl sites for hydroxylation is 1. The van der Waals surface area contributed by atoms with Crippen molar-refractivity contribution in [3.05, 3.63) is 69.7 Å². The van der Waals surface area contributed by atoms with Crippen LogP contribution >= 0.6 is 15.9 Å². The van der Waals surface area contributed by atoms with Crippen molar-refractivity contribution in [3.63, 3.8) is 0 Å². The molecule has 1 atom stereocenters. The Balaban J connectivity index is 1.54. The highest BCUT2D eigenvalue weighted by atomic mass is 79.9. The minimum Gasteiger partial charge on any atom is -0.307 e. The second-order valence-electron chi connectivity index (χ2n) is 6.22. The molecule has 0 heterocycles. The van der Waals surface area contributed by atoms with E-state index in [4.69, 9.17) is 0 Å². The van der Waals surface area contributed by atoms with E-state index in [2.05, 4.69) is 83.6 Å². The molecule has 1 fully saturated rings. The lowest BCUT2D eigenvalue weighted by Crippen LogP contribution is -2.41. The summed E-state index contributed by atoms with van der Waals surface area (Å²) in [5.41, 5.74) is 4.20. The van der Waals surface area contributed by atoms with Gasteiger partial charge in [-0.2, -0.15) is 0 Å². The van der Waals surface area contributed by atoms with Gasteiger partial charge in [-0.25, -0.2) is 0 Å². The summed E-state index contributed by atoms with van der Waals surface area (Å²) >= 11 is 3.50. The van der Waals surface area contributed by atoms with E-state index >= 15 is 0 Å². The second kappa shape index (κ2) is 6.33. The molecule has 0 bridgehead atoms. The van der Waals surface area contributed by atoms with Crippen LogP contribution in [0.3, 0.4) is 0 Å². The van der Waals surface area contributed by atoms with E-state index in [-0.39, 0.29) is 0 Å². The summed E-state index contributed by atoms with van der Waals surface area (Å²) in [5.74, 6) is 0.723. The highest BCUT2D eigenvalue weighted by Gasteiger charge is 2.30. The van der Waals surface area contributed by atoms with Crippen LogP contribution in [0.2, 0.25) is 0 Å². The van der Waals surface area contributed by atoms with Gasteiger partial charge in [-0.15, -0.1) is 0 Å². The minimum atomic E-state index is 0.431. The number of hydrogen-bond donors (Lipinski definition) is 1. The van der Waals surface area contributed by atoms with Gasteiger partial charge >= 0.3 is 0 Å². The quantitative estimate of drug-likeness (QED) is 0.788. The SMILES string of the molecule is Cc1cccc([C@H](C)NC2CC(c3ccc(Br)cc3)C2)c1. The molecule has 110 valence electrons. The molecule has 2 aromatic carbocycles. The maximum atomic E-state index is 3.76. The molecule has 21 heavy (non-hydrogen) atoms. The van der Waals surface area contributed by atoms with E-state index in [9.17, 15) is 0 Å². The van der Waals surface area contributed by atoms with Gasteiger partial charge in [0.05, 0.1) is 0 Å². The van der Waals surface area contributed by atoms with E-state index < -0.39 is 0 Å². The topological polar surface area (TPSA) is 12.0 Å². The molecule has 1 N–H and O–H groups in total. The van der Waals surface area contributed by atoms with Crippen LogP contribution < -0.4 is 5.32 Å². The third-order valence-corrected chi connectivity index (χ3v) is 5.04. The molecular weight excluding hydrogens is 322 g/mol. The Kier molecular flexibility index (Phi) is 4.46. The predicted octanol–water partition coefficient (Wildman–Crippen LogP) is 5.35. The van der Waals surface area contributed by atoms with Gasteiger partial charge in [0, 0.05) is 16.6 Å². The fourth-order valence-electron chi connectivity index (χ4n) is 3.15. The fraction of sp³-hybridized carbons (Fsp3) is 0.368. The van der Waals surface area contributed by atoms with E-state index in [1.807, 2.05) is 0 Å². The molecule has 1 nitrogen and oxygen atoms in total. The fourth-order valence-corrected chi connectivity index (χ4v) is 3.41. The molecule has 1 saturated carbocycles. The lowest BCUT2D eigenvalue weighted by Gasteiger charge is -2.38. The molecule has 1 aliphatic rings. The Morgan fingerprint density at radius 3 is 2.48 bits per heavy atom. The lowest BCUT2D eigenvalue weighted by atomic mass is 9.75. The molecule has 0 radical (unpaired) electrons. The van der Waals surface area contributed by atoms with Gasteiger partial charge in [-0.05, 0) is 55.9 Å². The Morgan fingerprint density at radius 2 is 1.81 bits per heavy atom. The molecule has 0 unspecified atom stereocenters. The molecule has 0 aromatic heterocycles. The van der Waals surface area contributed by atoms with E-state index in [0.29, 0.717) is 12.1 Å². The van der Waals surface area contributed by atoms with Crippen molar-refractivity contribution in [2.75, 3.05) is 0 Å². The first-order valence-electron chi connectivity index (χ1n) is 7.70. The summed E-state index contributed by atoms with van der Waals surface area (Å²) in [6, 6.07) is 18.7. The monoisotopic (exact) mass is 343 g/mol. The third kappa shape index (κ3) is 3.56. The molecule has 0 amide bonds. The van der Waals surface area contributed by atoms with Crippen LogP contribution in [0.5, 0.6) is 0 Å². The standard InChI is InChI=1S/C19H22BrN/c1-13-4-3-5-16(10-13)14(2)21-19-11-17(12-19)15-6-8-18(20)9-7-15/h3-10,14,17,19,21H,11-12H2,1-2H3/t14-,17?,19?/m0/s1. The van der Waals surface area contributed by atoms with Crippen LogP contribution in [0.1, 0.15) is 48.4 Å². The lowest BCUT2D eigenvalue weighted by molar-refractivity contribution is 0.271. The highest BCUT2D eigenvalue weighted by Crippen LogP contribution is 2.38. The summed E-state index contributed by atoms with van der Waals surface area (Å²) in [4.78, 5) is 0. The molecule has 0 aliphatic heterocycles. The van der Waals surface area contributed by atoms with Crippen LogP contribution in [0.4, 0.5) is 0 Å². The maximum absolute atomic E-state index is 3.76. The van der Waals surface area contributed by atoms with Gasteiger partial charge < -0.3 is 5.32 Å². The summed E-state index contributed by atoms with van der Waals surface area (Å²) in [6.45, 7) is 4.42. The number of halogens is 1. The largest absolute Gasteiger partial charge is 0.307 e. The predicted molar refractivity (Wildman–Crippen MR) is 92.6 cm³/mol. The Hall–Kier alpha value is -1.12. The van der Waals surface area contributed by atoms with E-state index in [0.717, 1.165) is 10.4 Å². The summed E-state index contributed by atoms with van der Waals surface area (Å²) in [7, 11) is 0. The zero-order chi connectivity index (χ0) is 14.8. The van der Waals surface area contributed by atoms with Crippen molar-refractivity contribution >= 4 is 15.9 Å². The summed E-state index contributed by atoms with van der Waals surface area (Å²) < 4.78 is 1.16. The van der Waals surface area contributed by atoms with Gasteiger partial charge in [0.15, 0.2) is 0 Å². The van der Waals surface area contributed by atoms with Gasteiger partial charge in [0.25, 0.3) is 0 Å². The van der Waals surface area contributed by atoms with Crippen LogP contribution in [0.25, 0.3) is 0 Å². The van der Waals surface area contributed by atoms with Gasteiger partial charge in [0.2, 0.25) is 0 Å². The first-order chi connectivity index (χ1) is 10.1. The molecule has 2 aromatic rings. The van der Waals surface area contributed by atoms with Gasteiger partial charge in [0.1, 0.15) is 0 Å². The van der Waals surface area contributed by atoms with Crippen molar-refractivity contribution in [2.24, 2.45) is 0 Å². The van der Waals surface area contributed by atoms with Crippen molar-refractivity contribution in [1.82, 2.24) is 5.32 Å². The number of rotatable bonds is 4. The highest BCUT2D eigenvalue weighted by molar-refractivity contribution is 9.10. The molecule has 0 spiro atoms. The average molecular weight is 344 g/mol. The second-order valence-corrected chi connectivity index (χ2v) is 7.13. The number of nitrogens with one attached hydrogen (secondary N) is 1. The van der Waals surface area contributed by atoms with Crippen LogP contribution in [-0.4, -0.2) is 6.04 Å². The first-order valence-corrected chi connectivity index (χ1v) is 8.49. The molecule has 3 rings (SSSR count). The zero-order valence-corrected chi connectivity index (χ0v) is 14.2. The number of benzene rings is 2. The molecular formula is C19H22BrN. The van der Waals surface area contributed by atoms with E-state index in [1.54, 1.807) is 0 Å². The average Bonchev–Trinajstić information content (AvgIpc) is 2.43. The van der Waals surface area contributed by atoms with Gasteiger partial charge in [-0.3, -0.25) is 0 Å². The molecule has 2 heteroatoms. The third-order valence-electron chi connectivity index (χ3n) is 4.51. The number of hydrogen-bond acceptors (Lipinski definition) is 1. The van der Waals surface area contributed by atoms with Gasteiger partial charge in [-0.1, -0.05) is 57.9 Å². The Labute approximate surface area is 135 Å². The minimum absolute atomic E-state index is 0.431. The Bertz CT molecular complexity index is 599. The summed E-state index contributed by atoms with van der Waals surface area (Å²) in [6.07, 6.45) is 2.50. The van der Waals surface area contributed by atoms with Crippen molar-refractivity contribution in [3.8, 4) is 0 Å². The van der Waals surface area contributed by atoms with Crippen LogP contribution in [-0.2, 0) is 0 Å². The van der Waals surface area contributed by atoms with Crippen LogP contribution in [0, 0.1) is 6.92 Å². The van der Waals surface area contributed by atoms with Crippen molar-refractivity contribution < 1.29 is 0 Å². The van der Waals surface area contributed by atoms with Crippen molar-refractivity contribution in [2.45, 2.75) is 44.7 Å². The molecule has 1 aliphatic carbocycles. The maximum Gasteiger partial charge on any atom is 0.0294 e. The smallest absolute Gasteiger partial charge is 0.0294 e. The zero-order valence-electron chi connectivity index (χ0n) is 12.6. The first kappa shape index (κ1) is 14.8. The van der Waals surface area contributed by atoms with Crippen LogP contribution in [0.15, 0.2) is 53.0 Å².